The topological polar surface area (TPSA) is 61.1 Å². The second kappa shape index (κ2) is 18.2. The molecule has 3 aromatic rings. The lowest BCUT2D eigenvalue weighted by molar-refractivity contribution is -0.609. The lowest BCUT2D eigenvalue weighted by Crippen LogP contribution is -2.37. The van der Waals surface area contributed by atoms with E-state index in [1.807, 2.05) is 0 Å². The summed E-state index contributed by atoms with van der Waals surface area (Å²) in [6.45, 7) is 8.86. The quantitative estimate of drug-likeness (QED) is 0.0736. The average molecular weight is 620 g/mol. The summed E-state index contributed by atoms with van der Waals surface area (Å²) < 4.78 is 61.3. The minimum atomic E-state index is -6.09. The number of aromatic nitrogens is 1. The van der Waals surface area contributed by atoms with Gasteiger partial charge in [0.05, 0.1) is 0 Å². The van der Waals surface area contributed by atoms with Crippen LogP contribution in [-0.4, -0.2) is 18.5 Å². The fourth-order valence-corrected chi connectivity index (χ4v) is 5.20. The number of benzene rings is 2. The molecule has 0 aliphatic rings. The van der Waals surface area contributed by atoms with Crippen LogP contribution in [0.2, 0.25) is 0 Å². The molecule has 0 fully saturated rings. The fraction of sp³-hybridized carbons (Fsp3) is 0.514. The van der Waals surface area contributed by atoms with Crippen LogP contribution < -0.4 is 4.57 Å². The van der Waals surface area contributed by atoms with E-state index in [-0.39, 0.29) is 0 Å². The Morgan fingerprint density at radius 3 is 1.49 bits per heavy atom. The Bertz CT molecular complexity index is 1310. The summed E-state index contributed by atoms with van der Waals surface area (Å²) in [5.74, 6) is 0. The van der Waals surface area contributed by atoms with Gasteiger partial charge in [-0.3, -0.25) is 0 Å². The van der Waals surface area contributed by atoms with Crippen molar-refractivity contribution in [3.63, 3.8) is 0 Å². The first-order chi connectivity index (χ1) is 20.3. The van der Waals surface area contributed by atoms with Gasteiger partial charge in [0.15, 0.2) is 21.5 Å². The lowest BCUT2D eigenvalue weighted by Gasteiger charge is -2.09. The molecule has 0 atom stereocenters. The van der Waals surface area contributed by atoms with Gasteiger partial charge in [0.1, 0.15) is 0 Å². The van der Waals surface area contributed by atoms with Crippen LogP contribution in [0.25, 0.3) is 16.8 Å². The first kappa shape index (κ1) is 36.5. The summed E-state index contributed by atoms with van der Waals surface area (Å²) >= 11 is 0. The summed E-state index contributed by atoms with van der Waals surface area (Å²) in [6.07, 6.45) is 18.1. The van der Waals surface area contributed by atoms with E-state index in [1.165, 1.54) is 123 Å². The van der Waals surface area contributed by atoms with Crippen LogP contribution in [0, 0.1) is 20.8 Å². The van der Waals surface area contributed by atoms with E-state index < -0.39 is 15.6 Å². The van der Waals surface area contributed by atoms with Crippen molar-refractivity contribution in [2.75, 3.05) is 0 Å². The maximum absolute atomic E-state index is 10.7. The van der Waals surface area contributed by atoms with Gasteiger partial charge >= 0.3 is 5.51 Å². The first-order valence-electron chi connectivity index (χ1n) is 15.5. The van der Waals surface area contributed by atoms with Crippen molar-refractivity contribution >= 4 is 10.1 Å². The van der Waals surface area contributed by atoms with Crippen molar-refractivity contribution < 1.29 is 30.7 Å². The van der Waals surface area contributed by atoms with Crippen molar-refractivity contribution in [1.82, 2.24) is 0 Å². The van der Waals surface area contributed by atoms with Gasteiger partial charge in [0.2, 0.25) is 5.69 Å². The summed E-state index contributed by atoms with van der Waals surface area (Å²) in [5, 5.41) is 0. The number of aryl methyl sites for hydroxylation is 4. The highest BCUT2D eigenvalue weighted by molar-refractivity contribution is 7.86. The Hall–Kier alpha value is -2.71. The molecular weight excluding hydrogens is 571 g/mol. The SMILES string of the molecule is CCCCCCCCCCCCCCc1ccc(-[n+]2c(C)cc(-c3ccc(C)cc3)cc2C)cc1.O=S(=O)([O-])C(F)(F)F. The standard InChI is InChI=1S/C34H48N.CHF3O3S/c1-5-6-7-8-9-10-11-12-13-14-15-16-17-31-20-24-34(25-21-31)35-29(3)26-33(27-30(35)4)32-22-18-28(2)19-23-32;2-1(3,4)8(5,6)7/h18-27H,5-17H2,1-4H3;(H,5,6,7)/q+1;/p-1. The van der Waals surface area contributed by atoms with Crippen molar-refractivity contribution in [3.8, 4) is 16.8 Å². The highest BCUT2D eigenvalue weighted by Gasteiger charge is 2.36. The number of unbranched alkanes of at least 4 members (excludes halogenated alkanes) is 11. The van der Waals surface area contributed by atoms with Crippen molar-refractivity contribution in [1.29, 1.82) is 0 Å². The molecule has 0 amide bonds. The average Bonchev–Trinajstić information content (AvgIpc) is 2.93. The molecule has 1 aromatic heterocycles. The van der Waals surface area contributed by atoms with Crippen LogP contribution in [0.1, 0.15) is 106 Å². The molecule has 3 rings (SSSR count). The van der Waals surface area contributed by atoms with Gasteiger partial charge in [-0.05, 0) is 36.5 Å². The van der Waals surface area contributed by atoms with Crippen LogP contribution in [-0.2, 0) is 16.5 Å². The molecule has 2 aromatic carbocycles. The Morgan fingerprint density at radius 2 is 1.07 bits per heavy atom. The van der Waals surface area contributed by atoms with Crippen LogP contribution in [0.15, 0.2) is 60.7 Å². The van der Waals surface area contributed by atoms with E-state index in [0.29, 0.717) is 0 Å². The number of hydrogen-bond donors (Lipinski definition) is 0. The van der Waals surface area contributed by atoms with Crippen LogP contribution in [0.3, 0.4) is 0 Å². The Kier molecular flexibility index (Phi) is 15.4. The third kappa shape index (κ3) is 13.2. The van der Waals surface area contributed by atoms with Gasteiger partial charge in [-0.1, -0.05) is 120 Å². The van der Waals surface area contributed by atoms with E-state index >= 15 is 0 Å². The fourth-order valence-electron chi connectivity index (χ4n) is 5.20. The zero-order chi connectivity index (χ0) is 31.9. The summed E-state index contributed by atoms with van der Waals surface area (Å²) in [7, 11) is -6.09. The number of pyridine rings is 1. The van der Waals surface area contributed by atoms with Crippen LogP contribution in [0.4, 0.5) is 13.2 Å². The monoisotopic (exact) mass is 619 g/mol. The number of halogens is 3. The Labute approximate surface area is 257 Å². The molecule has 0 aliphatic carbocycles. The molecule has 0 bridgehead atoms. The summed E-state index contributed by atoms with van der Waals surface area (Å²) in [4.78, 5) is 0. The van der Waals surface area contributed by atoms with E-state index in [1.54, 1.807) is 0 Å². The zero-order valence-electron chi connectivity index (χ0n) is 26.2. The van der Waals surface area contributed by atoms with E-state index in [9.17, 15) is 13.2 Å². The third-order valence-corrected chi connectivity index (χ3v) is 8.18. The van der Waals surface area contributed by atoms with Crippen molar-refractivity contribution in [2.24, 2.45) is 0 Å². The normalized spacial score (nSPS) is 11.7. The molecule has 0 radical (unpaired) electrons. The molecule has 43 heavy (non-hydrogen) atoms. The molecule has 0 spiro atoms. The van der Waals surface area contributed by atoms with E-state index in [4.69, 9.17) is 13.0 Å². The van der Waals surface area contributed by atoms with Crippen LogP contribution in [0.5, 0.6) is 0 Å². The summed E-state index contributed by atoms with van der Waals surface area (Å²) in [6, 6.07) is 22.7. The van der Waals surface area contributed by atoms with Gasteiger partial charge in [0, 0.05) is 38.1 Å². The second-order valence-electron chi connectivity index (χ2n) is 11.4. The minimum Gasteiger partial charge on any atom is -0.741 e. The van der Waals surface area contributed by atoms with Gasteiger partial charge in [-0.2, -0.15) is 17.7 Å². The van der Waals surface area contributed by atoms with Gasteiger partial charge in [0.25, 0.3) is 0 Å². The van der Waals surface area contributed by atoms with Gasteiger partial charge in [-0.25, -0.2) is 8.42 Å². The van der Waals surface area contributed by atoms with E-state index in [2.05, 4.69) is 92.9 Å². The summed E-state index contributed by atoms with van der Waals surface area (Å²) in [5.41, 5.74) is 3.50. The molecule has 0 N–H and O–H groups in total. The highest BCUT2D eigenvalue weighted by Crippen LogP contribution is 2.22. The largest absolute Gasteiger partial charge is 0.741 e. The molecule has 238 valence electrons. The Balaban J connectivity index is 0.000000708. The number of rotatable bonds is 15. The second-order valence-corrected chi connectivity index (χ2v) is 12.8. The molecule has 8 heteroatoms. The maximum atomic E-state index is 10.7. The number of nitrogens with zero attached hydrogens (tertiary/aromatic N) is 1. The Morgan fingerprint density at radius 1 is 0.651 bits per heavy atom. The molecule has 0 saturated heterocycles. The predicted molar refractivity (Wildman–Crippen MR) is 168 cm³/mol. The molecular formula is C35H48F3NO3S. The van der Waals surface area contributed by atoms with Crippen LogP contribution >= 0.6 is 0 Å². The zero-order valence-corrected chi connectivity index (χ0v) is 27.0. The molecule has 0 aliphatic heterocycles. The molecule has 0 saturated carbocycles. The van der Waals surface area contributed by atoms with Gasteiger partial charge in [-0.15, -0.1) is 0 Å². The minimum absolute atomic E-state index is 1.20. The lowest BCUT2D eigenvalue weighted by atomic mass is 10.0. The smallest absolute Gasteiger partial charge is 0.485 e. The van der Waals surface area contributed by atoms with Crippen molar-refractivity contribution in [2.45, 2.75) is 117 Å². The molecule has 1 heterocycles. The maximum Gasteiger partial charge on any atom is 0.485 e. The number of alkyl halides is 3. The molecule has 4 nitrogen and oxygen atoms in total. The van der Waals surface area contributed by atoms with E-state index in [0.717, 1.165) is 0 Å². The number of hydrogen-bond acceptors (Lipinski definition) is 3. The van der Waals surface area contributed by atoms with Crippen molar-refractivity contribution in [3.05, 3.63) is 83.2 Å². The third-order valence-electron chi connectivity index (χ3n) is 7.62. The van der Waals surface area contributed by atoms with Gasteiger partial charge < -0.3 is 4.55 Å². The highest BCUT2D eigenvalue weighted by atomic mass is 32.2. The molecule has 0 unspecified atom stereocenters. The first-order valence-corrected chi connectivity index (χ1v) is 17.0. The predicted octanol–water partition coefficient (Wildman–Crippen LogP) is 9.85.